The molecular formula is C21H21OP. The third kappa shape index (κ3) is 2.92. The van der Waals surface area contributed by atoms with Crippen LogP contribution in [0.1, 0.15) is 23.5 Å². The van der Waals surface area contributed by atoms with Gasteiger partial charge in [0.25, 0.3) is 0 Å². The van der Waals surface area contributed by atoms with E-state index in [9.17, 15) is 5.11 Å². The normalized spacial score (nSPS) is 27.1. The highest BCUT2D eigenvalue weighted by Crippen LogP contribution is 2.68. The molecule has 3 unspecified atom stereocenters. The summed E-state index contributed by atoms with van der Waals surface area (Å²) in [5.41, 5.74) is 2.83. The largest absolute Gasteiger partial charge is 0.384 e. The Morgan fingerprint density at radius 3 is 1.91 bits per heavy atom. The highest BCUT2D eigenvalue weighted by atomic mass is 31.1. The lowest BCUT2D eigenvalue weighted by Gasteiger charge is -2.25. The lowest BCUT2D eigenvalue weighted by atomic mass is 9.84. The van der Waals surface area contributed by atoms with Crippen LogP contribution in [-0.4, -0.2) is 16.1 Å². The van der Waals surface area contributed by atoms with Gasteiger partial charge in [-0.2, -0.15) is 0 Å². The first-order chi connectivity index (χ1) is 11.3. The van der Waals surface area contributed by atoms with Crippen LogP contribution in [0.25, 0.3) is 0 Å². The molecule has 0 radical (unpaired) electrons. The van der Waals surface area contributed by atoms with Crippen molar-refractivity contribution < 1.29 is 5.11 Å². The van der Waals surface area contributed by atoms with Gasteiger partial charge in [-0.15, -0.1) is 0 Å². The van der Waals surface area contributed by atoms with E-state index in [1.807, 2.05) is 12.1 Å². The van der Waals surface area contributed by atoms with Gasteiger partial charge in [-0.3, -0.25) is 0 Å². The molecule has 3 atom stereocenters. The number of allylic oxidation sites excluding steroid dienone is 4. The van der Waals surface area contributed by atoms with E-state index in [0.29, 0.717) is 20.2 Å². The van der Waals surface area contributed by atoms with E-state index < -0.39 is 5.34 Å². The summed E-state index contributed by atoms with van der Waals surface area (Å²) >= 11 is 0. The van der Waals surface area contributed by atoms with E-state index in [1.165, 1.54) is 11.1 Å². The molecule has 0 amide bonds. The number of aliphatic hydroxyl groups is 1. The van der Waals surface area contributed by atoms with Gasteiger partial charge < -0.3 is 5.11 Å². The Morgan fingerprint density at radius 2 is 1.39 bits per heavy atom. The fourth-order valence-corrected chi connectivity index (χ4v) is 5.31. The number of rotatable bonds is 5. The average molecular weight is 320 g/mol. The summed E-state index contributed by atoms with van der Waals surface area (Å²) in [4.78, 5) is 0. The Labute approximate surface area is 139 Å². The molecule has 0 aromatic heterocycles. The molecule has 0 saturated carbocycles. The van der Waals surface area contributed by atoms with Crippen LogP contribution >= 0.6 is 8.58 Å². The van der Waals surface area contributed by atoms with Gasteiger partial charge in [-0.25, -0.2) is 0 Å². The standard InChI is InChI=1S/C21H21OP/c22-21(19(23-21)15-16-9-7-8-10-16)20(17-11-3-1-4-12-17)18-13-5-2-6-14-18/h1-14,16,19-20,22-23H,15H2. The Morgan fingerprint density at radius 1 is 0.870 bits per heavy atom. The Kier molecular flexibility index (Phi) is 3.93. The zero-order chi connectivity index (χ0) is 15.7. The van der Waals surface area contributed by atoms with E-state index in [4.69, 9.17) is 0 Å². The molecule has 2 aromatic rings. The van der Waals surface area contributed by atoms with Crippen molar-refractivity contribution in [2.75, 3.05) is 0 Å². The zero-order valence-corrected chi connectivity index (χ0v) is 14.0. The fourth-order valence-electron chi connectivity index (χ4n) is 3.66. The minimum absolute atomic E-state index is 0.0718. The van der Waals surface area contributed by atoms with Crippen molar-refractivity contribution in [3.8, 4) is 0 Å². The smallest absolute Gasteiger partial charge is 0.0984 e. The van der Waals surface area contributed by atoms with Gasteiger partial charge in [0.1, 0.15) is 0 Å². The molecule has 0 bridgehead atoms. The summed E-state index contributed by atoms with van der Waals surface area (Å²) < 4.78 is 0. The van der Waals surface area contributed by atoms with Crippen LogP contribution in [0.4, 0.5) is 0 Å². The highest BCUT2D eigenvalue weighted by molar-refractivity contribution is 7.50. The molecule has 23 heavy (non-hydrogen) atoms. The molecular weight excluding hydrogens is 299 g/mol. The van der Waals surface area contributed by atoms with Crippen molar-refractivity contribution in [1.82, 2.24) is 0 Å². The molecule has 1 nitrogen and oxygen atoms in total. The molecule has 1 heterocycles. The van der Waals surface area contributed by atoms with Gasteiger partial charge >= 0.3 is 0 Å². The molecule has 0 spiro atoms. The molecule has 1 fully saturated rings. The second-order valence-electron chi connectivity index (χ2n) is 6.45. The quantitative estimate of drug-likeness (QED) is 0.792. The minimum Gasteiger partial charge on any atom is -0.384 e. The first kappa shape index (κ1) is 14.9. The Hall–Kier alpha value is -1.69. The van der Waals surface area contributed by atoms with Gasteiger partial charge in [0.15, 0.2) is 0 Å². The second-order valence-corrected chi connectivity index (χ2v) is 8.23. The molecule has 4 rings (SSSR count). The Bertz CT molecular complexity index is 671. The van der Waals surface area contributed by atoms with Gasteiger partial charge in [0, 0.05) is 11.6 Å². The molecule has 1 aliphatic carbocycles. The average Bonchev–Trinajstić information content (AvgIpc) is 2.99. The maximum Gasteiger partial charge on any atom is 0.0984 e. The van der Waals surface area contributed by atoms with Crippen LogP contribution < -0.4 is 0 Å². The third-order valence-corrected chi connectivity index (χ3v) is 6.71. The van der Waals surface area contributed by atoms with Crippen LogP contribution in [0.2, 0.25) is 0 Å². The summed E-state index contributed by atoms with van der Waals surface area (Å²) in [6.07, 6.45) is 9.76. The maximum atomic E-state index is 11.4. The predicted octanol–water partition coefficient (Wildman–Crippen LogP) is 4.70. The van der Waals surface area contributed by atoms with Gasteiger partial charge in [-0.1, -0.05) is 93.5 Å². The first-order valence-electron chi connectivity index (χ1n) is 8.22. The predicted molar refractivity (Wildman–Crippen MR) is 98.2 cm³/mol. The molecule has 2 heteroatoms. The van der Waals surface area contributed by atoms with Gasteiger partial charge in [-0.05, 0) is 23.5 Å². The summed E-state index contributed by atoms with van der Waals surface area (Å²) in [6, 6.07) is 20.9. The van der Waals surface area contributed by atoms with E-state index in [0.717, 1.165) is 6.42 Å². The molecule has 2 aliphatic rings. The first-order valence-corrected chi connectivity index (χ1v) is 9.30. The lowest BCUT2D eigenvalue weighted by molar-refractivity contribution is 0.147. The Balaban J connectivity index is 1.64. The van der Waals surface area contributed by atoms with Crippen molar-refractivity contribution in [3.63, 3.8) is 0 Å². The fraction of sp³-hybridized carbons (Fsp3) is 0.238. The molecule has 1 N–H and O–H groups in total. The highest BCUT2D eigenvalue weighted by Gasteiger charge is 2.58. The van der Waals surface area contributed by atoms with Crippen molar-refractivity contribution in [2.24, 2.45) is 5.92 Å². The molecule has 1 aliphatic heterocycles. The van der Waals surface area contributed by atoms with Crippen molar-refractivity contribution in [3.05, 3.63) is 96.1 Å². The van der Waals surface area contributed by atoms with E-state index in [2.05, 4.69) is 72.8 Å². The van der Waals surface area contributed by atoms with Crippen LogP contribution in [0.3, 0.4) is 0 Å². The van der Waals surface area contributed by atoms with Crippen LogP contribution in [-0.2, 0) is 0 Å². The van der Waals surface area contributed by atoms with Crippen LogP contribution in [0.15, 0.2) is 85.0 Å². The maximum absolute atomic E-state index is 11.4. The monoisotopic (exact) mass is 320 g/mol. The van der Waals surface area contributed by atoms with Crippen LogP contribution in [0.5, 0.6) is 0 Å². The lowest BCUT2D eigenvalue weighted by Crippen LogP contribution is -2.25. The summed E-state index contributed by atoms with van der Waals surface area (Å²) in [5.74, 6) is 0.566. The summed E-state index contributed by atoms with van der Waals surface area (Å²) in [6.45, 7) is 0. The van der Waals surface area contributed by atoms with Gasteiger partial charge in [0.2, 0.25) is 0 Å². The molecule has 2 aromatic carbocycles. The van der Waals surface area contributed by atoms with Crippen molar-refractivity contribution in [1.29, 1.82) is 0 Å². The number of benzene rings is 2. The van der Waals surface area contributed by atoms with Crippen molar-refractivity contribution in [2.45, 2.75) is 23.3 Å². The zero-order valence-electron chi connectivity index (χ0n) is 13.0. The van der Waals surface area contributed by atoms with Crippen molar-refractivity contribution >= 4 is 8.58 Å². The second kappa shape index (κ2) is 6.07. The summed E-state index contributed by atoms with van der Waals surface area (Å²) in [7, 11) is 0.614. The summed E-state index contributed by atoms with van der Waals surface area (Å²) in [5, 5.41) is 10.8. The van der Waals surface area contributed by atoms with Crippen LogP contribution in [0, 0.1) is 5.92 Å². The van der Waals surface area contributed by atoms with E-state index in [1.54, 1.807) is 0 Å². The molecule has 1 saturated heterocycles. The molecule has 116 valence electrons. The topological polar surface area (TPSA) is 20.2 Å². The number of hydrogen-bond donors (Lipinski definition) is 1. The number of hydrogen-bond acceptors (Lipinski definition) is 1. The third-order valence-electron chi connectivity index (χ3n) is 4.89. The SMILES string of the molecule is OC1(C(c2ccccc2)c2ccccc2)PC1CC1C=CC=C1. The van der Waals surface area contributed by atoms with E-state index in [-0.39, 0.29) is 5.92 Å². The minimum atomic E-state index is -0.590. The van der Waals surface area contributed by atoms with E-state index >= 15 is 0 Å². The van der Waals surface area contributed by atoms with Gasteiger partial charge in [0.05, 0.1) is 5.34 Å².